The van der Waals surface area contributed by atoms with E-state index in [1.165, 1.54) is 0 Å². The molecule has 6 heteroatoms. The van der Waals surface area contributed by atoms with Gasteiger partial charge >= 0.3 is 8.80 Å². The quantitative estimate of drug-likeness (QED) is 0.420. The molecule has 102 valence electrons. The van der Waals surface area contributed by atoms with Crippen molar-refractivity contribution in [1.82, 2.24) is 0 Å². The Balaban J connectivity index is 2.31. The van der Waals surface area contributed by atoms with Crippen LogP contribution in [-0.4, -0.2) is 36.4 Å². The Morgan fingerprint density at radius 1 is 1.11 bits per heavy atom. The van der Waals surface area contributed by atoms with E-state index in [1.807, 2.05) is 30.3 Å². The molecule has 1 aromatic carbocycles. The van der Waals surface area contributed by atoms with E-state index >= 15 is 0 Å². The van der Waals surface area contributed by atoms with Crippen LogP contribution >= 0.6 is 0 Å². The van der Waals surface area contributed by atoms with Gasteiger partial charge in [-0.1, -0.05) is 18.2 Å². The minimum absolute atomic E-state index is 0.105. The minimum atomic E-state index is -2.59. The number of benzene rings is 1. The third-order valence-electron chi connectivity index (χ3n) is 2.56. The molecule has 0 spiro atoms. The van der Waals surface area contributed by atoms with E-state index < -0.39 is 8.80 Å². The lowest BCUT2D eigenvalue weighted by Gasteiger charge is -2.25. The first-order valence-corrected chi connectivity index (χ1v) is 7.81. The molecule has 0 aliphatic heterocycles. The van der Waals surface area contributed by atoms with E-state index in [0.717, 1.165) is 12.2 Å². The third kappa shape index (κ3) is 4.75. The highest BCUT2D eigenvalue weighted by molar-refractivity contribution is 6.60. The van der Waals surface area contributed by atoms with E-state index in [-0.39, 0.29) is 6.73 Å². The van der Waals surface area contributed by atoms with E-state index in [0.29, 0.717) is 12.7 Å². The Hall–Kier alpha value is -0.923. The molecule has 0 radical (unpaired) electrons. The molecule has 5 nitrogen and oxygen atoms in total. The van der Waals surface area contributed by atoms with Crippen LogP contribution in [0.25, 0.3) is 0 Å². The Labute approximate surface area is 109 Å². The first kappa shape index (κ1) is 15.1. The smallest absolute Gasteiger partial charge is 0.494 e. The van der Waals surface area contributed by atoms with Crippen molar-refractivity contribution in [2.24, 2.45) is 5.73 Å². The van der Waals surface area contributed by atoms with Gasteiger partial charge in [-0.25, -0.2) is 0 Å². The molecule has 0 unspecified atom stereocenters. The maximum atomic E-state index is 5.59. The third-order valence-corrected chi connectivity index (χ3v) is 5.38. The van der Waals surface area contributed by atoms with Crippen LogP contribution in [0.5, 0.6) is 5.75 Å². The maximum absolute atomic E-state index is 5.59. The van der Waals surface area contributed by atoms with Gasteiger partial charge in [0, 0.05) is 20.3 Å². The standard InChI is InChI=1S/C12H21NO4Si/c1-14-18(15-2,17-11-13)10-6-9-16-12-7-4-3-5-8-12/h3-5,7-8H,6,9-11,13H2,1-2H3. The summed E-state index contributed by atoms with van der Waals surface area (Å²) in [6.45, 7) is 0.701. The van der Waals surface area contributed by atoms with Crippen molar-refractivity contribution >= 4 is 8.80 Å². The normalized spacial score (nSPS) is 11.5. The molecule has 0 saturated heterocycles. The van der Waals surface area contributed by atoms with Crippen LogP contribution in [0.1, 0.15) is 6.42 Å². The van der Waals surface area contributed by atoms with Gasteiger partial charge in [0.15, 0.2) is 0 Å². The highest BCUT2D eigenvalue weighted by Gasteiger charge is 2.38. The Morgan fingerprint density at radius 3 is 2.33 bits per heavy atom. The van der Waals surface area contributed by atoms with Gasteiger partial charge in [0.2, 0.25) is 0 Å². The summed E-state index contributed by atoms with van der Waals surface area (Å²) in [6.07, 6.45) is 0.794. The second-order valence-electron chi connectivity index (χ2n) is 3.67. The lowest BCUT2D eigenvalue weighted by Crippen LogP contribution is -2.45. The van der Waals surface area contributed by atoms with Crippen molar-refractivity contribution < 1.29 is 18.0 Å². The van der Waals surface area contributed by atoms with Crippen molar-refractivity contribution in [2.75, 3.05) is 27.6 Å². The molecule has 1 rings (SSSR count). The van der Waals surface area contributed by atoms with Crippen LogP contribution in [0.4, 0.5) is 0 Å². The summed E-state index contributed by atoms with van der Waals surface area (Å²) in [7, 11) is 0.587. The van der Waals surface area contributed by atoms with Crippen LogP contribution < -0.4 is 10.5 Å². The summed E-state index contributed by atoms with van der Waals surface area (Å²) in [5.41, 5.74) is 5.38. The highest BCUT2D eigenvalue weighted by Crippen LogP contribution is 2.16. The van der Waals surface area contributed by atoms with Crippen LogP contribution in [0.2, 0.25) is 6.04 Å². The van der Waals surface area contributed by atoms with Gasteiger partial charge in [-0.2, -0.15) is 0 Å². The largest absolute Gasteiger partial charge is 0.501 e. The SMILES string of the molecule is CO[Si](CCCOc1ccccc1)(OC)OCN. The van der Waals surface area contributed by atoms with Gasteiger partial charge in [-0.05, 0) is 18.6 Å². The summed E-state index contributed by atoms with van der Waals surface area (Å²) < 4.78 is 21.7. The Bertz CT molecular complexity index is 319. The van der Waals surface area contributed by atoms with Gasteiger partial charge in [-0.15, -0.1) is 0 Å². The van der Waals surface area contributed by atoms with Crippen LogP contribution in [-0.2, 0) is 13.3 Å². The maximum Gasteiger partial charge on any atom is 0.501 e. The predicted octanol–water partition coefficient (Wildman–Crippen LogP) is 1.62. The van der Waals surface area contributed by atoms with Gasteiger partial charge < -0.3 is 23.7 Å². The van der Waals surface area contributed by atoms with E-state index in [2.05, 4.69) is 0 Å². The van der Waals surface area contributed by atoms with Crippen LogP contribution in [0.15, 0.2) is 30.3 Å². The summed E-state index contributed by atoms with van der Waals surface area (Å²) in [4.78, 5) is 0. The molecular formula is C12H21NO4Si. The Kier molecular flexibility index (Phi) is 6.92. The van der Waals surface area contributed by atoms with E-state index in [9.17, 15) is 0 Å². The summed E-state index contributed by atoms with van der Waals surface area (Å²) in [6, 6.07) is 10.4. The van der Waals surface area contributed by atoms with Crippen LogP contribution in [0.3, 0.4) is 0 Å². The molecule has 0 atom stereocenters. The zero-order chi connectivity index (χ0) is 13.3. The first-order valence-electron chi connectivity index (χ1n) is 5.88. The molecule has 0 aliphatic rings. The molecule has 0 aliphatic carbocycles. The van der Waals surface area contributed by atoms with Crippen molar-refractivity contribution in [3.05, 3.63) is 30.3 Å². The minimum Gasteiger partial charge on any atom is -0.494 e. The van der Waals surface area contributed by atoms with Crippen molar-refractivity contribution in [3.8, 4) is 5.75 Å². The number of rotatable bonds is 9. The first-order chi connectivity index (χ1) is 8.76. The number of hydrogen-bond donors (Lipinski definition) is 1. The highest BCUT2D eigenvalue weighted by atomic mass is 28.4. The molecule has 0 aromatic heterocycles. The van der Waals surface area contributed by atoms with Gasteiger partial charge in [0.25, 0.3) is 0 Å². The number of nitrogens with two attached hydrogens (primary N) is 1. The molecule has 0 bridgehead atoms. The van der Waals surface area contributed by atoms with E-state index in [1.54, 1.807) is 14.2 Å². The van der Waals surface area contributed by atoms with Gasteiger partial charge in [0.1, 0.15) is 5.75 Å². The summed E-state index contributed by atoms with van der Waals surface area (Å²) in [5.74, 6) is 0.861. The molecule has 18 heavy (non-hydrogen) atoms. The number of ether oxygens (including phenoxy) is 1. The predicted molar refractivity (Wildman–Crippen MR) is 71.3 cm³/mol. The van der Waals surface area contributed by atoms with Crippen LogP contribution in [0, 0.1) is 0 Å². The van der Waals surface area contributed by atoms with Gasteiger partial charge in [0.05, 0.1) is 13.3 Å². The zero-order valence-electron chi connectivity index (χ0n) is 10.9. The van der Waals surface area contributed by atoms with Crippen molar-refractivity contribution in [1.29, 1.82) is 0 Å². The monoisotopic (exact) mass is 271 g/mol. The second kappa shape index (κ2) is 8.23. The summed E-state index contributed by atoms with van der Waals surface area (Å²) >= 11 is 0. The molecule has 0 heterocycles. The molecule has 2 N–H and O–H groups in total. The molecule has 0 saturated carbocycles. The summed E-state index contributed by atoms with van der Waals surface area (Å²) in [5, 5.41) is 0. The second-order valence-corrected chi connectivity index (χ2v) is 6.64. The fourth-order valence-corrected chi connectivity index (χ4v) is 3.39. The van der Waals surface area contributed by atoms with E-state index in [4.69, 9.17) is 23.7 Å². The fraction of sp³-hybridized carbons (Fsp3) is 0.500. The number of para-hydroxylation sites is 1. The zero-order valence-corrected chi connectivity index (χ0v) is 11.9. The molecule has 0 fully saturated rings. The van der Waals surface area contributed by atoms with Gasteiger partial charge in [-0.3, -0.25) is 0 Å². The topological polar surface area (TPSA) is 62.9 Å². The Morgan fingerprint density at radius 2 is 1.78 bits per heavy atom. The van der Waals surface area contributed by atoms with Crippen molar-refractivity contribution in [3.63, 3.8) is 0 Å². The fourth-order valence-electron chi connectivity index (χ4n) is 1.60. The lowest BCUT2D eigenvalue weighted by molar-refractivity contribution is 0.0989. The number of hydrogen-bond acceptors (Lipinski definition) is 5. The molecule has 1 aromatic rings. The molecule has 0 amide bonds. The lowest BCUT2D eigenvalue weighted by atomic mass is 10.3. The molecular weight excluding hydrogens is 250 g/mol. The average molecular weight is 271 g/mol. The van der Waals surface area contributed by atoms with Crippen molar-refractivity contribution in [2.45, 2.75) is 12.5 Å². The average Bonchev–Trinajstić information content (AvgIpc) is 2.43.